The van der Waals surface area contributed by atoms with Gasteiger partial charge in [0, 0.05) is 12.5 Å². The number of benzene rings is 1. The molecule has 114 valence electrons. The first-order valence-corrected chi connectivity index (χ1v) is 6.38. The van der Waals surface area contributed by atoms with E-state index in [2.05, 4.69) is 16.2 Å². The molecule has 22 heavy (non-hydrogen) atoms. The summed E-state index contributed by atoms with van der Waals surface area (Å²) in [5, 5.41) is 2.36. The van der Waals surface area contributed by atoms with Crippen LogP contribution in [0.5, 0.6) is 0 Å². The van der Waals surface area contributed by atoms with Gasteiger partial charge in [-0.3, -0.25) is 24.6 Å². The second-order valence-corrected chi connectivity index (χ2v) is 4.76. The lowest BCUT2D eigenvalue weighted by atomic mass is 10.00. The summed E-state index contributed by atoms with van der Waals surface area (Å²) < 4.78 is 0. The molecule has 8 heteroatoms. The van der Waals surface area contributed by atoms with E-state index in [1.54, 1.807) is 0 Å². The number of anilines is 1. The first-order valence-electron chi connectivity index (χ1n) is 6.38. The topological polar surface area (TPSA) is 121 Å². The molecule has 3 amide bonds. The largest absolute Gasteiger partial charge is 0.337 e. The van der Waals surface area contributed by atoms with Crippen molar-refractivity contribution in [2.24, 2.45) is 5.92 Å². The van der Waals surface area contributed by atoms with Crippen LogP contribution in [0, 0.1) is 5.92 Å². The number of Topliss-reactive ketones (excluding diaryl/α,β-unsaturated/α-hetero) is 3. The fraction of sp³-hybridized carbons (Fsp3) is 0.214. The predicted octanol–water partition coefficient (Wildman–Crippen LogP) is 0.443. The van der Waals surface area contributed by atoms with E-state index in [0.717, 1.165) is 0 Å². The van der Waals surface area contributed by atoms with Crippen molar-refractivity contribution < 1.29 is 24.0 Å². The number of hydrazine groups is 1. The fourth-order valence-corrected chi connectivity index (χ4v) is 2.21. The number of nitrogens with one attached hydrogen (secondary N) is 3. The fourth-order valence-electron chi connectivity index (χ4n) is 2.21. The standard InChI is InChI=1S/C14H13N3O5/c1-6(18)10-12(20)8-4-3-5-9(11(8)13(10)21)15-14(22)17-16-7(2)19/h3-5,10H,1-2H3,(H,16,19)(H2,15,17,22). The van der Waals surface area contributed by atoms with E-state index in [1.807, 2.05) is 0 Å². The van der Waals surface area contributed by atoms with E-state index in [-0.39, 0.29) is 16.8 Å². The minimum Gasteiger partial charge on any atom is -0.306 e. The Balaban J connectivity index is 2.29. The number of carbonyl (C=O) groups is 5. The van der Waals surface area contributed by atoms with Gasteiger partial charge in [-0.1, -0.05) is 12.1 Å². The summed E-state index contributed by atoms with van der Waals surface area (Å²) in [6.45, 7) is 2.38. The van der Waals surface area contributed by atoms with Crippen molar-refractivity contribution in [1.29, 1.82) is 0 Å². The second-order valence-electron chi connectivity index (χ2n) is 4.76. The van der Waals surface area contributed by atoms with E-state index in [9.17, 15) is 24.0 Å². The minimum atomic E-state index is -1.35. The quantitative estimate of drug-likeness (QED) is 0.540. The lowest BCUT2D eigenvalue weighted by molar-refractivity contribution is -0.120. The van der Waals surface area contributed by atoms with Gasteiger partial charge < -0.3 is 5.32 Å². The zero-order valence-electron chi connectivity index (χ0n) is 11.9. The maximum Gasteiger partial charge on any atom is 0.337 e. The van der Waals surface area contributed by atoms with E-state index >= 15 is 0 Å². The van der Waals surface area contributed by atoms with Crippen LogP contribution in [-0.4, -0.2) is 29.3 Å². The molecule has 0 aromatic heterocycles. The summed E-state index contributed by atoms with van der Waals surface area (Å²) in [5.41, 5.74) is 4.35. The van der Waals surface area contributed by atoms with Crippen LogP contribution in [-0.2, 0) is 9.59 Å². The molecule has 0 fully saturated rings. The van der Waals surface area contributed by atoms with Gasteiger partial charge in [0.2, 0.25) is 5.91 Å². The highest BCUT2D eigenvalue weighted by Crippen LogP contribution is 2.32. The van der Waals surface area contributed by atoms with Crippen molar-refractivity contribution >= 4 is 35.0 Å². The van der Waals surface area contributed by atoms with Gasteiger partial charge in [0.25, 0.3) is 0 Å². The summed E-state index contributed by atoms with van der Waals surface area (Å²) >= 11 is 0. The van der Waals surface area contributed by atoms with Gasteiger partial charge in [-0.05, 0) is 13.0 Å². The van der Waals surface area contributed by atoms with E-state index < -0.39 is 35.2 Å². The molecule has 0 spiro atoms. The highest BCUT2D eigenvalue weighted by molar-refractivity contribution is 6.37. The van der Waals surface area contributed by atoms with Crippen LogP contribution in [0.1, 0.15) is 34.6 Å². The Morgan fingerprint density at radius 1 is 1.00 bits per heavy atom. The molecule has 8 nitrogen and oxygen atoms in total. The lowest BCUT2D eigenvalue weighted by Crippen LogP contribution is -2.43. The van der Waals surface area contributed by atoms with Crippen LogP contribution in [0.3, 0.4) is 0 Å². The van der Waals surface area contributed by atoms with Gasteiger partial charge >= 0.3 is 6.03 Å². The van der Waals surface area contributed by atoms with E-state index in [0.29, 0.717) is 0 Å². The Morgan fingerprint density at radius 3 is 2.27 bits per heavy atom. The molecule has 0 aliphatic heterocycles. The summed E-state index contributed by atoms with van der Waals surface area (Å²) in [4.78, 5) is 58.1. The molecule has 2 rings (SSSR count). The first-order chi connectivity index (χ1) is 10.3. The SMILES string of the molecule is CC(=O)NNC(=O)Nc1cccc2c1C(=O)C(C(C)=O)C2=O. The van der Waals surface area contributed by atoms with Crippen molar-refractivity contribution in [2.75, 3.05) is 5.32 Å². The maximum absolute atomic E-state index is 12.2. The number of hydrogen-bond donors (Lipinski definition) is 3. The normalized spacial score (nSPS) is 16.0. The predicted molar refractivity (Wildman–Crippen MR) is 75.2 cm³/mol. The molecule has 1 unspecified atom stereocenters. The average molecular weight is 303 g/mol. The third kappa shape index (κ3) is 2.71. The number of rotatable bonds is 2. The van der Waals surface area contributed by atoms with Crippen LogP contribution in [0.25, 0.3) is 0 Å². The smallest absolute Gasteiger partial charge is 0.306 e. The molecule has 1 aromatic carbocycles. The first kappa shape index (κ1) is 15.4. The third-order valence-electron chi connectivity index (χ3n) is 3.11. The van der Waals surface area contributed by atoms with E-state index in [4.69, 9.17) is 0 Å². The average Bonchev–Trinajstić information content (AvgIpc) is 2.69. The van der Waals surface area contributed by atoms with Crippen LogP contribution in [0.15, 0.2) is 18.2 Å². The van der Waals surface area contributed by atoms with E-state index in [1.165, 1.54) is 32.0 Å². The molecule has 0 saturated carbocycles. The molecule has 0 saturated heterocycles. The van der Waals surface area contributed by atoms with Gasteiger partial charge in [0.05, 0.1) is 11.3 Å². The van der Waals surface area contributed by atoms with Crippen molar-refractivity contribution in [3.8, 4) is 0 Å². The third-order valence-corrected chi connectivity index (χ3v) is 3.11. The zero-order chi connectivity index (χ0) is 16.4. The highest BCUT2D eigenvalue weighted by atomic mass is 16.2. The molecule has 1 aliphatic carbocycles. The summed E-state index contributed by atoms with van der Waals surface area (Å²) in [5.74, 6) is -3.58. The minimum absolute atomic E-state index is 0.00525. The lowest BCUT2D eigenvalue weighted by Gasteiger charge is -2.10. The number of ketones is 3. The van der Waals surface area contributed by atoms with Gasteiger partial charge in [0.1, 0.15) is 11.7 Å². The number of hydrogen-bond acceptors (Lipinski definition) is 5. The Kier molecular flexibility index (Phi) is 4.02. The Morgan fingerprint density at radius 2 is 1.68 bits per heavy atom. The van der Waals surface area contributed by atoms with Crippen LogP contribution in [0.4, 0.5) is 10.5 Å². The number of fused-ring (bicyclic) bond motifs is 1. The molecule has 3 N–H and O–H groups in total. The van der Waals surface area contributed by atoms with Crippen molar-refractivity contribution in [2.45, 2.75) is 13.8 Å². The monoisotopic (exact) mass is 303 g/mol. The molecule has 1 atom stereocenters. The molecule has 0 heterocycles. The Bertz CT molecular complexity index is 710. The van der Waals surface area contributed by atoms with Crippen molar-refractivity contribution in [3.05, 3.63) is 29.3 Å². The molecule has 0 radical (unpaired) electrons. The Labute approximate surface area is 125 Å². The second kappa shape index (κ2) is 5.76. The van der Waals surface area contributed by atoms with Crippen LogP contribution >= 0.6 is 0 Å². The summed E-state index contributed by atoms with van der Waals surface area (Å²) in [6, 6.07) is 3.56. The highest BCUT2D eigenvalue weighted by Gasteiger charge is 2.43. The Hall–Kier alpha value is -3.03. The zero-order valence-corrected chi connectivity index (χ0v) is 11.9. The van der Waals surface area contributed by atoms with Crippen LogP contribution < -0.4 is 16.2 Å². The molecule has 1 aromatic rings. The maximum atomic E-state index is 12.2. The molecular weight excluding hydrogens is 290 g/mol. The molecule has 0 bridgehead atoms. The number of amides is 3. The van der Waals surface area contributed by atoms with Crippen LogP contribution in [0.2, 0.25) is 0 Å². The van der Waals surface area contributed by atoms with Gasteiger partial charge in [-0.25, -0.2) is 10.2 Å². The molecule has 1 aliphatic rings. The summed E-state index contributed by atoms with van der Waals surface area (Å²) in [6.07, 6.45) is 0. The van der Waals surface area contributed by atoms with Gasteiger partial charge in [-0.15, -0.1) is 0 Å². The number of urea groups is 1. The van der Waals surface area contributed by atoms with Gasteiger partial charge in [-0.2, -0.15) is 0 Å². The van der Waals surface area contributed by atoms with Crippen molar-refractivity contribution in [1.82, 2.24) is 10.9 Å². The summed E-state index contributed by atoms with van der Waals surface area (Å²) in [7, 11) is 0. The number of carbonyl (C=O) groups excluding carboxylic acids is 5. The molecular formula is C14H13N3O5. The van der Waals surface area contributed by atoms with Crippen molar-refractivity contribution in [3.63, 3.8) is 0 Å². The van der Waals surface area contributed by atoms with Gasteiger partial charge in [0.15, 0.2) is 11.6 Å².